The molecule has 498 valence electrons. The van der Waals surface area contributed by atoms with E-state index < -0.39 is 97.5 Å². The minimum Gasteiger partial charge on any atom is -0.462 e. The van der Waals surface area contributed by atoms with E-state index in [0.29, 0.717) is 25.7 Å². The third kappa shape index (κ3) is 57.8. The Hall–Kier alpha value is -1.94. The van der Waals surface area contributed by atoms with Crippen LogP contribution in [0, 0.1) is 5.92 Å². The van der Waals surface area contributed by atoms with Crippen molar-refractivity contribution in [3.8, 4) is 0 Å². The number of ether oxygens (including phenoxy) is 4. The quantitative estimate of drug-likeness (QED) is 0.0222. The molecule has 0 saturated carbocycles. The van der Waals surface area contributed by atoms with Crippen molar-refractivity contribution in [1.29, 1.82) is 0 Å². The molecule has 0 aliphatic carbocycles. The van der Waals surface area contributed by atoms with E-state index >= 15 is 0 Å². The Bertz CT molecular complexity index is 1640. The fourth-order valence-corrected chi connectivity index (χ4v) is 11.3. The van der Waals surface area contributed by atoms with E-state index in [1.165, 1.54) is 141 Å². The first-order chi connectivity index (χ1) is 40.6. The Balaban J connectivity index is 5.14. The van der Waals surface area contributed by atoms with Crippen LogP contribution < -0.4 is 0 Å². The van der Waals surface area contributed by atoms with E-state index in [9.17, 15) is 43.2 Å². The summed E-state index contributed by atoms with van der Waals surface area (Å²) in [6, 6.07) is 0. The summed E-state index contributed by atoms with van der Waals surface area (Å²) in [7, 11) is -9.87. The van der Waals surface area contributed by atoms with Gasteiger partial charge in [0.05, 0.1) is 26.4 Å². The molecule has 0 aliphatic heterocycles. The first kappa shape index (κ1) is 82.1. The van der Waals surface area contributed by atoms with Crippen LogP contribution in [0.4, 0.5) is 0 Å². The predicted octanol–water partition coefficient (Wildman–Crippen LogP) is 18.2. The standard InChI is InChI=1S/C65H126O17P2/c1-6-10-13-16-18-20-21-24-28-31-35-39-44-49-63(68)76-55-61(82-65(70)51-46-41-36-32-29-26-23-22-25-27-30-33-38-42-47-58(5)9-4)57-80-84(73,74)78-53-59(66)52-77-83(71,72)79-56-60(54-75-62(67)48-43-37-15-12-8-3)81-64(69)50-45-40-34-19-17-14-11-7-2/h58-61,66H,6-57H2,1-5H3,(H,71,72)(H,73,74)/t58?,59-,60+,61+/m0/s1. The largest absolute Gasteiger partial charge is 0.472 e. The molecule has 0 amide bonds. The highest BCUT2D eigenvalue weighted by Gasteiger charge is 2.30. The van der Waals surface area contributed by atoms with Crippen molar-refractivity contribution in [2.75, 3.05) is 39.6 Å². The number of carbonyl (C=O) groups excluding carboxylic acids is 4. The van der Waals surface area contributed by atoms with Crippen LogP contribution >= 0.6 is 15.6 Å². The van der Waals surface area contributed by atoms with Gasteiger partial charge in [0.25, 0.3) is 0 Å². The molecule has 17 nitrogen and oxygen atoms in total. The molecule has 0 aromatic carbocycles. The van der Waals surface area contributed by atoms with Crippen molar-refractivity contribution in [2.24, 2.45) is 5.92 Å². The zero-order chi connectivity index (χ0) is 62.0. The van der Waals surface area contributed by atoms with E-state index in [4.69, 9.17) is 37.0 Å². The molecule has 0 bridgehead atoms. The summed E-state index contributed by atoms with van der Waals surface area (Å²) in [5.74, 6) is -1.30. The van der Waals surface area contributed by atoms with Gasteiger partial charge in [-0.1, -0.05) is 279 Å². The monoisotopic (exact) mass is 1240 g/mol. The molecule has 0 aromatic rings. The zero-order valence-electron chi connectivity index (χ0n) is 54.0. The molecule has 0 rings (SSSR count). The van der Waals surface area contributed by atoms with Crippen molar-refractivity contribution in [2.45, 2.75) is 348 Å². The molecular formula is C65H126O17P2. The summed E-state index contributed by atoms with van der Waals surface area (Å²) in [5.41, 5.74) is 0. The van der Waals surface area contributed by atoms with Gasteiger partial charge in [-0.25, -0.2) is 9.13 Å². The molecule has 19 heteroatoms. The SMILES string of the molecule is CCCCCCCCCCCCCCCC(=O)OC[C@H](COP(=O)(O)OC[C@@H](O)COP(=O)(O)OC[C@@H](COC(=O)CCCCCCC)OC(=O)CCCCCCCCCC)OC(=O)CCCCCCCCCCCCCCCCC(C)CC. The third-order valence-electron chi connectivity index (χ3n) is 15.4. The van der Waals surface area contributed by atoms with Crippen LogP contribution in [0.2, 0.25) is 0 Å². The van der Waals surface area contributed by atoms with Gasteiger partial charge >= 0.3 is 39.5 Å². The van der Waals surface area contributed by atoms with E-state index in [2.05, 4.69) is 34.6 Å². The Morgan fingerprint density at radius 1 is 0.333 bits per heavy atom. The van der Waals surface area contributed by atoms with E-state index in [1.54, 1.807) is 0 Å². The third-order valence-corrected chi connectivity index (χ3v) is 17.3. The molecule has 0 aliphatic rings. The molecule has 6 atom stereocenters. The first-order valence-corrected chi connectivity index (χ1v) is 37.2. The normalized spacial score (nSPS) is 14.5. The number of hydrogen-bond acceptors (Lipinski definition) is 15. The maximum absolute atomic E-state index is 13.0. The van der Waals surface area contributed by atoms with Gasteiger partial charge in [-0.3, -0.25) is 37.3 Å². The van der Waals surface area contributed by atoms with Crippen molar-refractivity contribution in [3.05, 3.63) is 0 Å². The summed E-state index contributed by atoms with van der Waals surface area (Å²) < 4.78 is 67.8. The van der Waals surface area contributed by atoms with Gasteiger partial charge < -0.3 is 33.8 Å². The molecule has 84 heavy (non-hydrogen) atoms. The van der Waals surface area contributed by atoms with Gasteiger partial charge in [0.1, 0.15) is 19.3 Å². The lowest BCUT2D eigenvalue weighted by Crippen LogP contribution is -2.30. The van der Waals surface area contributed by atoms with Crippen LogP contribution in [0.25, 0.3) is 0 Å². The van der Waals surface area contributed by atoms with E-state index in [0.717, 1.165) is 109 Å². The van der Waals surface area contributed by atoms with Crippen molar-refractivity contribution >= 4 is 39.5 Å². The van der Waals surface area contributed by atoms with Crippen LogP contribution in [0.5, 0.6) is 0 Å². The maximum Gasteiger partial charge on any atom is 0.472 e. The fraction of sp³-hybridized carbons (Fsp3) is 0.938. The average molecular weight is 1240 g/mol. The second-order valence-electron chi connectivity index (χ2n) is 23.7. The van der Waals surface area contributed by atoms with Gasteiger partial charge in [-0.15, -0.1) is 0 Å². The van der Waals surface area contributed by atoms with Crippen LogP contribution in [-0.2, 0) is 65.4 Å². The molecular weight excluding hydrogens is 1110 g/mol. The summed E-state index contributed by atoms with van der Waals surface area (Å²) in [4.78, 5) is 71.9. The Morgan fingerprint density at radius 3 is 0.845 bits per heavy atom. The van der Waals surface area contributed by atoms with Crippen molar-refractivity contribution in [1.82, 2.24) is 0 Å². The number of esters is 4. The second-order valence-corrected chi connectivity index (χ2v) is 26.7. The number of unbranched alkanes of at least 4 members (excludes halogenated alkanes) is 36. The Labute approximate surface area is 511 Å². The molecule has 3 N–H and O–H groups in total. The number of phosphoric ester groups is 2. The number of carbonyl (C=O) groups is 4. The Kier molecular flexibility index (Phi) is 57.4. The molecule has 0 radical (unpaired) electrons. The fourth-order valence-electron chi connectivity index (χ4n) is 9.73. The molecule has 0 aromatic heterocycles. The number of aliphatic hydroxyl groups excluding tert-OH is 1. The molecule has 0 saturated heterocycles. The molecule has 0 heterocycles. The van der Waals surface area contributed by atoms with Crippen molar-refractivity contribution < 1.29 is 80.2 Å². The minimum atomic E-state index is -4.94. The summed E-state index contributed by atoms with van der Waals surface area (Å²) in [5, 5.41) is 10.5. The zero-order valence-corrected chi connectivity index (χ0v) is 55.8. The Morgan fingerprint density at radius 2 is 0.571 bits per heavy atom. The molecule has 0 spiro atoms. The first-order valence-electron chi connectivity index (χ1n) is 34.2. The van der Waals surface area contributed by atoms with Crippen molar-refractivity contribution in [3.63, 3.8) is 0 Å². The van der Waals surface area contributed by atoms with Crippen LogP contribution in [0.15, 0.2) is 0 Å². The van der Waals surface area contributed by atoms with E-state index in [1.807, 2.05) is 0 Å². The topological polar surface area (TPSA) is 237 Å². The lowest BCUT2D eigenvalue weighted by atomic mass is 9.99. The highest BCUT2D eigenvalue weighted by atomic mass is 31.2. The number of phosphoric acid groups is 2. The van der Waals surface area contributed by atoms with Crippen LogP contribution in [0.3, 0.4) is 0 Å². The summed E-state index contributed by atoms with van der Waals surface area (Å²) in [6.45, 7) is 7.15. The van der Waals surface area contributed by atoms with Gasteiger partial charge in [0, 0.05) is 25.7 Å². The van der Waals surface area contributed by atoms with Crippen LogP contribution in [-0.4, -0.2) is 96.7 Å². The number of hydrogen-bond donors (Lipinski definition) is 3. The van der Waals surface area contributed by atoms with E-state index in [-0.39, 0.29) is 25.7 Å². The van der Waals surface area contributed by atoms with Crippen LogP contribution in [0.1, 0.15) is 330 Å². The smallest absolute Gasteiger partial charge is 0.462 e. The summed E-state index contributed by atoms with van der Waals surface area (Å²) >= 11 is 0. The predicted molar refractivity (Wildman–Crippen MR) is 335 cm³/mol. The van der Waals surface area contributed by atoms with Gasteiger partial charge in [0.15, 0.2) is 12.2 Å². The van der Waals surface area contributed by atoms with Gasteiger partial charge in [0.2, 0.25) is 0 Å². The minimum absolute atomic E-state index is 0.104. The number of rotatable bonds is 65. The molecule has 0 fully saturated rings. The van der Waals surface area contributed by atoms with Gasteiger partial charge in [-0.05, 0) is 31.6 Å². The average Bonchev–Trinajstić information content (AvgIpc) is 3.49. The second kappa shape index (κ2) is 58.7. The highest BCUT2D eigenvalue weighted by Crippen LogP contribution is 2.45. The number of aliphatic hydroxyl groups is 1. The maximum atomic E-state index is 13.0. The van der Waals surface area contributed by atoms with Gasteiger partial charge in [-0.2, -0.15) is 0 Å². The highest BCUT2D eigenvalue weighted by molar-refractivity contribution is 7.47. The lowest BCUT2D eigenvalue weighted by molar-refractivity contribution is -0.161. The molecule has 3 unspecified atom stereocenters. The summed E-state index contributed by atoms with van der Waals surface area (Å²) in [6.07, 6.45) is 43.4. The lowest BCUT2D eigenvalue weighted by Gasteiger charge is -2.21.